The number of aromatic nitrogens is 2. The molecule has 0 aliphatic carbocycles. The zero-order chi connectivity index (χ0) is 28.4. The number of rotatable bonds is 9. The zero-order valence-electron chi connectivity index (χ0n) is 20.6. The summed E-state index contributed by atoms with van der Waals surface area (Å²) in [5, 5.41) is 0. The molecule has 0 radical (unpaired) electrons. The van der Waals surface area contributed by atoms with Crippen LogP contribution in [0.25, 0.3) is 11.3 Å². The van der Waals surface area contributed by atoms with Gasteiger partial charge >= 0.3 is 24.9 Å². The number of esters is 1. The van der Waals surface area contributed by atoms with Crippen LogP contribution in [-0.2, 0) is 28.1 Å². The number of halogens is 3. The Labute approximate surface area is 230 Å². The molecule has 2 N–H and O–H groups in total. The van der Waals surface area contributed by atoms with Gasteiger partial charge in [-0.05, 0) is 41.8 Å². The van der Waals surface area contributed by atoms with Crippen molar-refractivity contribution in [3.8, 4) is 11.3 Å². The lowest BCUT2D eigenvalue weighted by atomic mass is 10.1. The molecule has 39 heavy (non-hydrogen) atoms. The first-order valence-corrected chi connectivity index (χ1v) is 14.2. The molecule has 3 aromatic carbocycles. The zero-order valence-corrected chi connectivity index (χ0v) is 23.1. The van der Waals surface area contributed by atoms with Gasteiger partial charge in [0.25, 0.3) is 0 Å². The third kappa shape index (κ3) is 6.12. The number of benzene rings is 3. The second-order valence-electron chi connectivity index (χ2n) is 8.69. The molecule has 0 amide bonds. The lowest BCUT2D eigenvalue weighted by Gasteiger charge is -2.19. The van der Waals surface area contributed by atoms with Crippen LogP contribution in [0.3, 0.4) is 0 Å². The van der Waals surface area contributed by atoms with E-state index >= 15 is 0 Å². The number of carbonyl (C=O) groups excluding carboxylic acids is 1. The van der Waals surface area contributed by atoms with Gasteiger partial charge in [0.1, 0.15) is 0 Å². The average molecular weight is 621 g/mol. The Balaban J connectivity index is 1.75. The lowest BCUT2D eigenvalue weighted by molar-refractivity contribution is 0.0526. The molecule has 0 bridgehead atoms. The Morgan fingerprint density at radius 3 is 2.26 bits per heavy atom. The van der Waals surface area contributed by atoms with E-state index in [1.807, 2.05) is 30.3 Å². The van der Waals surface area contributed by atoms with Gasteiger partial charge in [-0.15, -0.1) is 0 Å². The average Bonchev–Trinajstić information content (AvgIpc) is 3.18. The molecule has 0 spiro atoms. The smallest absolute Gasteiger partial charge is 0.399 e. The predicted octanol–water partition coefficient (Wildman–Crippen LogP) is 5.58. The van der Waals surface area contributed by atoms with Gasteiger partial charge < -0.3 is 14.5 Å². The minimum atomic E-state index is -5.76. The van der Waals surface area contributed by atoms with Gasteiger partial charge in [0.15, 0.2) is 0 Å². The highest BCUT2D eigenvalue weighted by atomic mass is 79.9. The minimum absolute atomic E-state index is 0.0179. The standard InChI is InChI=1S/C27H24BrF2N2O6P/c1-2-38-25(33)21-11-9-20(10-12-21)24-17-31(15-18-6-4-3-5-7-18)26(34)32(24)16-19-8-13-22(23(28)14-19)27(29,30)39(35,36)37/h3-14,17H,2,15-16H2,1H3,(H2,35,36,37). The van der Waals surface area contributed by atoms with Crippen LogP contribution in [0.2, 0.25) is 0 Å². The molecule has 12 heteroatoms. The van der Waals surface area contributed by atoms with Crippen LogP contribution in [0.15, 0.2) is 88.3 Å². The molecule has 0 atom stereocenters. The molecule has 0 aliphatic heterocycles. The van der Waals surface area contributed by atoms with Crippen LogP contribution in [0.5, 0.6) is 0 Å². The van der Waals surface area contributed by atoms with E-state index in [0.717, 1.165) is 11.6 Å². The van der Waals surface area contributed by atoms with Crippen LogP contribution in [0.1, 0.15) is 34.0 Å². The first kappa shape index (κ1) is 28.6. The summed E-state index contributed by atoms with van der Waals surface area (Å²) >= 11 is 2.99. The number of nitrogens with zero attached hydrogens (tertiary/aromatic N) is 2. The van der Waals surface area contributed by atoms with Crippen molar-refractivity contribution in [3.05, 3.63) is 116 Å². The van der Waals surface area contributed by atoms with Gasteiger partial charge in [-0.2, -0.15) is 8.78 Å². The predicted molar refractivity (Wildman–Crippen MR) is 145 cm³/mol. The Morgan fingerprint density at radius 2 is 1.67 bits per heavy atom. The summed E-state index contributed by atoms with van der Waals surface area (Å²) in [5.74, 6) is -0.472. The van der Waals surface area contributed by atoms with Crippen molar-refractivity contribution in [2.75, 3.05) is 6.61 Å². The highest BCUT2D eigenvalue weighted by Gasteiger charge is 2.51. The molecular formula is C27H24BrF2N2O6P. The van der Waals surface area contributed by atoms with E-state index in [1.165, 1.54) is 21.3 Å². The maximum atomic E-state index is 14.3. The molecule has 0 unspecified atom stereocenters. The van der Waals surface area contributed by atoms with E-state index in [0.29, 0.717) is 22.4 Å². The van der Waals surface area contributed by atoms with Crippen molar-refractivity contribution in [3.63, 3.8) is 0 Å². The van der Waals surface area contributed by atoms with Gasteiger partial charge in [-0.1, -0.05) is 70.5 Å². The van der Waals surface area contributed by atoms with Crippen molar-refractivity contribution in [2.45, 2.75) is 25.7 Å². The minimum Gasteiger partial charge on any atom is -0.462 e. The van der Waals surface area contributed by atoms with Crippen molar-refractivity contribution in [2.24, 2.45) is 0 Å². The third-order valence-electron chi connectivity index (χ3n) is 6.00. The van der Waals surface area contributed by atoms with Gasteiger partial charge in [-0.25, -0.2) is 9.59 Å². The fourth-order valence-electron chi connectivity index (χ4n) is 4.04. The highest BCUT2D eigenvalue weighted by molar-refractivity contribution is 9.10. The molecule has 0 saturated heterocycles. The number of alkyl halides is 2. The van der Waals surface area contributed by atoms with E-state index in [9.17, 15) is 22.9 Å². The summed E-state index contributed by atoms with van der Waals surface area (Å²) in [6.07, 6.45) is 1.68. The van der Waals surface area contributed by atoms with Crippen molar-refractivity contribution in [1.29, 1.82) is 0 Å². The second kappa shape index (κ2) is 11.4. The summed E-state index contributed by atoms with van der Waals surface area (Å²) < 4.78 is 47.7. The van der Waals surface area contributed by atoms with E-state index in [4.69, 9.17) is 14.5 Å². The van der Waals surface area contributed by atoms with Crippen LogP contribution in [0, 0.1) is 0 Å². The summed E-state index contributed by atoms with van der Waals surface area (Å²) in [6.45, 7) is 2.21. The van der Waals surface area contributed by atoms with Crippen molar-refractivity contribution >= 4 is 29.5 Å². The maximum Gasteiger partial charge on any atom is 0.399 e. The third-order valence-corrected chi connectivity index (χ3v) is 7.63. The molecule has 4 rings (SSSR count). The molecule has 1 aromatic heterocycles. The summed E-state index contributed by atoms with van der Waals surface area (Å²) in [4.78, 5) is 43.8. The van der Waals surface area contributed by atoms with Crippen LogP contribution < -0.4 is 5.69 Å². The molecule has 0 aliphatic rings. The van der Waals surface area contributed by atoms with Crippen LogP contribution >= 0.6 is 23.5 Å². The highest BCUT2D eigenvalue weighted by Crippen LogP contribution is 2.60. The summed E-state index contributed by atoms with van der Waals surface area (Å²) in [5.41, 5.74) is -2.76. The summed E-state index contributed by atoms with van der Waals surface area (Å²) in [6, 6.07) is 19.4. The molecular weight excluding hydrogens is 597 g/mol. The molecule has 8 nitrogen and oxygen atoms in total. The Bertz CT molecular complexity index is 1600. The SMILES string of the molecule is CCOC(=O)c1ccc(-c2cn(Cc3ccccc3)c(=O)n2Cc2ccc(C(F)(F)P(=O)(O)O)c(Br)c2)cc1. The van der Waals surface area contributed by atoms with Gasteiger partial charge in [0.05, 0.1) is 31.0 Å². The van der Waals surface area contributed by atoms with Gasteiger partial charge in [-0.3, -0.25) is 13.7 Å². The van der Waals surface area contributed by atoms with E-state index < -0.39 is 24.8 Å². The summed E-state index contributed by atoms with van der Waals surface area (Å²) in [7, 11) is -5.76. The van der Waals surface area contributed by atoms with Crippen molar-refractivity contribution in [1.82, 2.24) is 9.13 Å². The normalized spacial score (nSPS) is 11.9. The van der Waals surface area contributed by atoms with Crippen LogP contribution in [-0.4, -0.2) is 31.5 Å². The molecule has 204 valence electrons. The van der Waals surface area contributed by atoms with Crippen molar-refractivity contribution < 1.29 is 32.7 Å². The quantitative estimate of drug-likeness (QED) is 0.187. The molecule has 0 saturated carbocycles. The Hall–Kier alpha value is -3.37. The number of hydrogen-bond acceptors (Lipinski definition) is 4. The first-order chi connectivity index (χ1) is 18.4. The number of hydrogen-bond donors (Lipinski definition) is 2. The molecule has 1 heterocycles. The largest absolute Gasteiger partial charge is 0.462 e. The maximum absolute atomic E-state index is 14.3. The number of imidazole rings is 1. The monoisotopic (exact) mass is 620 g/mol. The first-order valence-electron chi connectivity index (χ1n) is 11.8. The molecule has 0 fully saturated rings. The second-order valence-corrected chi connectivity index (χ2v) is 11.2. The van der Waals surface area contributed by atoms with Crippen LogP contribution in [0.4, 0.5) is 8.78 Å². The fourth-order valence-corrected chi connectivity index (χ4v) is 5.38. The fraction of sp³-hybridized carbons (Fsp3) is 0.185. The Kier molecular flexibility index (Phi) is 8.37. The van der Waals surface area contributed by atoms with Gasteiger partial charge in [0, 0.05) is 16.2 Å². The number of ether oxygens (including phenoxy) is 1. The van der Waals surface area contributed by atoms with E-state index in [2.05, 4.69) is 15.9 Å². The van der Waals surface area contributed by atoms with E-state index in [-0.39, 0.29) is 29.9 Å². The lowest BCUT2D eigenvalue weighted by Crippen LogP contribution is -2.25. The molecule has 4 aromatic rings. The van der Waals surface area contributed by atoms with E-state index in [1.54, 1.807) is 37.4 Å². The van der Waals surface area contributed by atoms with Gasteiger partial charge in [0.2, 0.25) is 0 Å². The number of carbonyl (C=O) groups is 1. The topological polar surface area (TPSA) is 111 Å². The Morgan fingerprint density at radius 1 is 1.00 bits per heavy atom.